The molecule has 0 bridgehead atoms. The molecule has 2 aromatic rings. The number of aromatic amines is 1. The van der Waals surface area contributed by atoms with Crippen molar-refractivity contribution in [2.45, 2.75) is 12.1 Å². The van der Waals surface area contributed by atoms with Crippen LogP contribution in [0.2, 0.25) is 0 Å². The molecule has 0 saturated heterocycles. The number of H-pyrrole nitrogens is 1. The van der Waals surface area contributed by atoms with Crippen molar-refractivity contribution in [2.24, 2.45) is 5.14 Å². The average molecular weight is 283 g/mol. The van der Waals surface area contributed by atoms with Crippen molar-refractivity contribution in [3.05, 3.63) is 33.9 Å². The van der Waals surface area contributed by atoms with Gasteiger partial charge in [-0.1, -0.05) is 12.1 Å². The van der Waals surface area contributed by atoms with E-state index in [4.69, 9.17) is 5.14 Å². The molecule has 0 spiro atoms. The Balaban J connectivity index is 2.51. The molecule has 0 aliphatic carbocycles. The molecule has 0 aliphatic rings. The molecule has 0 saturated carbocycles. The highest BCUT2D eigenvalue weighted by atomic mass is 32.2. The maximum atomic E-state index is 11.0. The Morgan fingerprint density at radius 3 is 2.63 bits per heavy atom. The Hall–Kier alpha value is -2.33. The number of hydrogen-bond acceptors (Lipinski definition) is 6. The maximum Gasteiger partial charge on any atom is 0.273 e. The number of rotatable bonds is 3. The highest BCUT2D eigenvalue weighted by Gasteiger charge is 2.17. The second-order valence-corrected chi connectivity index (χ2v) is 5.24. The van der Waals surface area contributed by atoms with Crippen LogP contribution in [0.5, 0.6) is 0 Å². The lowest BCUT2D eigenvalue weighted by Gasteiger charge is -1.99. The van der Waals surface area contributed by atoms with Gasteiger partial charge in [0.25, 0.3) is 20.9 Å². The standard InChI is InChI=1S/C9H9N5O4S/c1-5-2-3-6(4-7(5)14(15)16)8-11-9(13-12-8)19(10,17)18/h2-4H,1H3,(H2,10,17,18)(H,11,12,13). The average Bonchev–Trinajstić information content (AvgIpc) is 2.78. The number of benzene rings is 1. The smallest absolute Gasteiger partial charge is 0.258 e. The number of nitrogens with zero attached hydrogens (tertiary/aromatic N) is 3. The van der Waals surface area contributed by atoms with Crippen molar-refractivity contribution in [1.82, 2.24) is 15.2 Å². The fourth-order valence-electron chi connectivity index (χ4n) is 1.45. The van der Waals surface area contributed by atoms with Crippen LogP contribution in [-0.4, -0.2) is 28.5 Å². The molecule has 0 fully saturated rings. The van der Waals surface area contributed by atoms with E-state index < -0.39 is 20.1 Å². The number of aryl methyl sites for hydroxylation is 1. The quantitative estimate of drug-likeness (QED) is 0.613. The Morgan fingerprint density at radius 1 is 1.42 bits per heavy atom. The van der Waals surface area contributed by atoms with Gasteiger partial charge >= 0.3 is 0 Å². The van der Waals surface area contributed by atoms with Gasteiger partial charge < -0.3 is 0 Å². The molecular formula is C9H9N5O4S. The lowest BCUT2D eigenvalue weighted by molar-refractivity contribution is -0.385. The van der Waals surface area contributed by atoms with Crippen LogP contribution >= 0.6 is 0 Å². The van der Waals surface area contributed by atoms with Gasteiger partial charge in [-0.05, 0) is 6.92 Å². The Morgan fingerprint density at radius 2 is 2.11 bits per heavy atom. The normalized spacial score (nSPS) is 11.5. The first-order valence-electron chi connectivity index (χ1n) is 4.99. The van der Waals surface area contributed by atoms with Crippen molar-refractivity contribution in [2.75, 3.05) is 0 Å². The van der Waals surface area contributed by atoms with Crippen LogP contribution in [-0.2, 0) is 10.0 Å². The van der Waals surface area contributed by atoms with E-state index in [1.165, 1.54) is 12.1 Å². The van der Waals surface area contributed by atoms with Gasteiger partial charge in [-0.2, -0.15) is 10.1 Å². The summed E-state index contributed by atoms with van der Waals surface area (Å²) < 4.78 is 22.1. The molecule has 1 aromatic carbocycles. The number of nitrogens with two attached hydrogens (primary N) is 1. The third-order valence-electron chi connectivity index (χ3n) is 2.40. The van der Waals surface area contributed by atoms with Crippen molar-refractivity contribution in [1.29, 1.82) is 0 Å². The van der Waals surface area contributed by atoms with Crippen LogP contribution in [0.4, 0.5) is 5.69 Å². The van der Waals surface area contributed by atoms with E-state index in [-0.39, 0.29) is 11.5 Å². The minimum absolute atomic E-state index is 0.0205. The lowest BCUT2D eigenvalue weighted by Crippen LogP contribution is -2.13. The molecule has 0 aliphatic heterocycles. The molecular weight excluding hydrogens is 274 g/mol. The molecule has 19 heavy (non-hydrogen) atoms. The van der Waals surface area contributed by atoms with Gasteiger partial charge in [0.1, 0.15) is 0 Å². The van der Waals surface area contributed by atoms with Crippen molar-refractivity contribution < 1.29 is 13.3 Å². The summed E-state index contributed by atoms with van der Waals surface area (Å²) in [7, 11) is -3.99. The second-order valence-electron chi connectivity index (χ2n) is 3.77. The van der Waals surface area contributed by atoms with Crippen LogP contribution in [0.25, 0.3) is 11.4 Å². The van der Waals surface area contributed by atoms with E-state index in [1.54, 1.807) is 13.0 Å². The van der Waals surface area contributed by atoms with Crippen LogP contribution < -0.4 is 5.14 Å². The number of primary sulfonamides is 1. The number of nitro benzene ring substituents is 1. The summed E-state index contributed by atoms with van der Waals surface area (Å²) in [4.78, 5) is 14.0. The third kappa shape index (κ3) is 2.58. The van der Waals surface area contributed by atoms with Gasteiger partial charge in [-0.3, -0.25) is 10.1 Å². The monoisotopic (exact) mass is 283 g/mol. The fourth-order valence-corrected chi connectivity index (χ4v) is 1.84. The first-order valence-corrected chi connectivity index (χ1v) is 6.54. The molecule has 0 atom stereocenters. The predicted molar refractivity (Wildman–Crippen MR) is 64.6 cm³/mol. The molecule has 1 heterocycles. The summed E-state index contributed by atoms with van der Waals surface area (Å²) in [5, 5.41) is 21.0. The van der Waals surface area contributed by atoms with E-state index >= 15 is 0 Å². The molecule has 100 valence electrons. The maximum absolute atomic E-state index is 11.0. The molecule has 0 amide bonds. The summed E-state index contributed by atoms with van der Waals surface area (Å²) in [6.07, 6.45) is 0. The van der Waals surface area contributed by atoms with Crippen LogP contribution in [0.15, 0.2) is 23.4 Å². The number of hydrogen-bond donors (Lipinski definition) is 2. The Kier molecular flexibility index (Phi) is 3.04. The van der Waals surface area contributed by atoms with E-state index in [1.807, 2.05) is 0 Å². The summed E-state index contributed by atoms with van der Waals surface area (Å²) in [5.74, 6) is 0.0205. The van der Waals surface area contributed by atoms with Crippen LogP contribution in [0, 0.1) is 17.0 Å². The zero-order valence-electron chi connectivity index (χ0n) is 9.69. The SMILES string of the molecule is Cc1ccc(-c2n[nH]c(S(N)(=O)=O)n2)cc1[N+](=O)[O-]. The first kappa shape index (κ1) is 13.1. The molecule has 3 N–H and O–H groups in total. The molecule has 1 aromatic heterocycles. The Bertz CT molecular complexity index is 752. The number of nitro groups is 1. The second kappa shape index (κ2) is 4.40. The number of nitrogens with one attached hydrogen (secondary N) is 1. The van der Waals surface area contributed by atoms with Crippen LogP contribution in [0.3, 0.4) is 0 Å². The largest absolute Gasteiger partial charge is 0.273 e. The number of aromatic nitrogens is 3. The summed E-state index contributed by atoms with van der Waals surface area (Å²) in [6.45, 7) is 1.59. The molecule has 2 rings (SSSR count). The van der Waals surface area contributed by atoms with Gasteiger partial charge in [-0.15, -0.1) is 0 Å². The fraction of sp³-hybridized carbons (Fsp3) is 0.111. The van der Waals surface area contributed by atoms with Crippen molar-refractivity contribution in [3.8, 4) is 11.4 Å². The van der Waals surface area contributed by atoms with E-state index in [2.05, 4.69) is 15.2 Å². The zero-order valence-corrected chi connectivity index (χ0v) is 10.5. The van der Waals surface area contributed by atoms with Gasteiger partial charge in [0.05, 0.1) is 4.92 Å². The Labute approximate surface area is 107 Å². The van der Waals surface area contributed by atoms with Gasteiger partial charge in [0.15, 0.2) is 5.82 Å². The first-order chi connectivity index (χ1) is 8.79. The van der Waals surface area contributed by atoms with Crippen molar-refractivity contribution in [3.63, 3.8) is 0 Å². The predicted octanol–water partition coefficient (Wildman–Crippen LogP) is 0.336. The zero-order chi connectivity index (χ0) is 14.2. The lowest BCUT2D eigenvalue weighted by atomic mass is 10.1. The summed E-state index contributed by atoms with van der Waals surface area (Å²) >= 11 is 0. The highest BCUT2D eigenvalue weighted by Crippen LogP contribution is 2.24. The minimum Gasteiger partial charge on any atom is -0.258 e. The van der Waals surface area contributed by atoms with Crippen molar-refractivity contribution >= 4 is 15.7 Å². The molecule has 0 radical (unpaired) electrons. The van der Waals surface area contributed by atoms with Gasteiger partial charge in [0, 0.05) is 17.2 Å². The number of sulfonamides is 1. The van der Waals surface area contributed by atoms with Crippen LogP contribution in [0.1, 0.15) is 5.56 Å². The van der Waals surface area contributed by atoms with Gasteiger partial charge in [-0.25, -0.2) is 18.7 Å². The highest BCUT2D eigenvalue weighted by molar-refractivity contribution is 7.89. The van der Waals surface area contributed by atoms with E-state index in [0.29, 0.717) is 11.1 Å². The van der Waals surface area contributed by atoms with E-state index in [0.717, 1.165) is 0 Å². The van der Waals surface area contributed by atoms with E-state index in [9.17, 15) is 18.5 Å². The molecule has 10 heteroatoms. The summed E-state index contributed by atoms with van der Waals surface area (Å²) in [6, 6.07) is 4.35. The summed E-state index contributed by atoms with van der Waals surface area (Å²) in [5.41, 5.74) is 0.707. The molecule has 9 nitrogen and oxygen atoms in total. The third-order valence-corrected chi connectivity index (χ3v) is 3.12. The topological polar surface area (TPSA) is 145 Å². The minimum atomic E-state index is -3.99. The molecule has 0 unspecified atom stereocenters. The van der Waals surface area contributed by atoms with Gasteiger partial charge in [0.2, 0.25) is 0 Å².